The number of halogens is 3. The minimum atomic E-state index is -0.488. The Labute approximate surface area is 385 Å². The summed E-state index contributed by atoms with van der Waals surface area (Å²) < 4.78 is 19.5. The Bertz CT molecular complexity index is 3380. The van der Waals surface area contributed by atoms with Crippen LogP contribution in [0.25, 0.3) is 44.1 Å². The van der Waals surface area contributed by atoms with Crippen molar-refractivity contribution >= 4 is 78.9 Å². The number of nitrogens with two attached hydrogens (primary N) is 2. The molecule has 0 aliphatic carbocycles. The Morgan fingerprint density at radius 3 is 1.63 bits per heavy atom. The highest BCUT2D eigenvalue weighted by atomic mass is 35.5. The molecule has 21 heteroatoms. The van der Waals surface area contributed by atoms with E-state index in [4.69, 9.17) is 55.7 Å². The van der Waals surface area contributed by atoms with Gasteiger partial charge in [0, 0.05) is 87.1 Å². The Morgan fingerprint density at radius 1 is 0.662 bits per heavy atom. The van der Waals surface area contributed by atoms with Gasteiger partial charge in [-0.15, -0.1) is 0 Å². The van der Waals surface area contributed by atoms with E-state index in [1.54, 1.807) is 55.5 Å². The van der Waals surface area contributed by atoms with Gasteiger partial charge >= 0.3 is 11.4 Å². The number of aromatic nitrogens is 10. The number of benzene rings is 2. The van der Waals surface area contributed by atoms with E-state index in [2.05, 4.69) is 19.9 Å². The molecule has 342 valence electrons. The zero-order chi connectivity index (χ0) is 46.0. The highest BCUT2D eigenvalue weighted by molar-refractivity contribution is 6.42. The number of fused-ring (bicyclic) bond motifs is 4. The van der Waals surface area contributed by atoms with Gasteiger partial charge in [-0.2, -0.15) is 0 Å². The average molecular weight is 948 g/mol. The monoisotopic (exact) mass is 946 g/mol. The van der Waals surface area contributed by atoms with Gasteiger partial charge in [-0.1, -0.05) is 46.9 Å². The number of ether oxygens (including phenoxy) is 2. The lowest BCUT2D eigenvalue weighted by atomic mass is 9.92. The van der Waals surface area contributed by atoms with Crippen LogP contribution in [0.1, 0.15) is 60.8 Å². The number of aromatic amines is 2. The van der Waals surface area contributed by atoms with Gasteiger partial charge in [-0.05, 0) is 67.9 Å². The standard InChI is InChI=1S/C22H24Cl2N6O3.C22H25ClN6O3/c1-28-18-20(27-19(28)17(25)11-6-8-33-9-7-11)29(2)22(32)30(21(18)31)10-14-16(24)15-12(23)4-3-5-13(15)26-14;1-27-18-20(26-19(27)17(24)12-6-8-32-9-7-12)28(2)22(31)29(21(18)30)11-13-10-14-15(23)4-3-5-16(14)25-13/h3-5,11,17,26H,6-10,25H2,1-2H3;3-5,10,12,17,25H,6-9,11,24H2,1-2H3. The lowest BCUT2D eigenvalue weighted by molar-refractivity contribution is 0.0571. The highest BCUT2D eigenvalue weighted by Gasteiger charge is 2.30. The molecule has 2 aromatic carbocycles. The number of hydrogen-bond donors (Lipinski definition) is 4. The number of hydrogen-bond acceptors (Lipinski definition) is 10. The van der Waals surface area contributed by atoms with Crippen LogP contribution in [0.5, 0.6) is 0 Å². The minimum Gasteiger partial charge on any atom is -0.381 e. The summed E-state index contributed by atoms with van der Waals surface area (Å²) in [5.41, 5.74) is 15.5. The van der Waals surface area contributed by atoms with Crippen molar-refractivity contribution in [2.75, 3.05) is 26.4 Å². The molecule has 2 fully saturated rings. The van der Waals surface area contributed by atoms with Crippen molar-refractivity contribution in [1.29, 1.82) is 0 Å². The Morgan fingerprint density at radius 2 is 1.14 bits per heavy atom. The van der Waals surface area contributed by atoms with Crippen LogP contribution in [0, 0.1) is 11.8 Å². The molecule has 2 unspecified atom stereocenters. The van der Waals surface area contributed by atoms with Crippen LogP contribution in [0.15, 0.2) is 61.6 Å². The summed E-state index contributed by atoms with van der Waals surface area (Å²) in [4.78, 5) is 68.8. The van der Waals surface area contributed by atoms with E-state index in [1.165, 1.54) is 13.7 Å². The van der Waals surface area contributed by atoms with E-state index >= 15 is 0 Å². The van der Waals surface area contributed by atoms with Crippen LogP contribution >= 0.6 is 34.8 Å². The largest absolute Gasteiger partial charge is 0.381 e. The molecule has 18 nitrogen and oxygen atoms in total. The quantitative estimate of drug-likeness (QED) is 0.164. The van der Waals surface area contributed by atoms with Crippen LogP contribution in [0.3, 0.4) is 0 Å². The Kier molecular flexibility index (Phi) is 12.2. The van der Waals surface area contributed by atoms with Crippen molar-refractivity contribution in [1.82, 2.24) is 47.3 Å². The van der Waals surface area contributed by atoms with Crippen LogP contribution in [-0.4, -0.2) is 73.8 Å². The molecule has 10 rings (SSSR count). The molecule has 6 aromatic heterocycles. The molecule has 0 saturated carbocycles. The summed E-state index contributed by atoms with van der Waals surface area (Å²) in [5, 5.41) is 3.00. The lowest BCUT2D eigenvalue weighted by Gasteiger charge is -2.27. The van der Waals surface area contributed by atoms with Crippen LogP contribution < -0.4 is 34.0 Å². The van der Waals surface area contributed by atoms with Gasteiger partial charge in [0.1, 0.15) is 11.6 Å². The fourth-order valence-electron chi connectivity index (χ4n) is 9.29. The molecule has 6 N–H and O–H groups in total. The van der Waals surface area contributed by atoms with Crippen molar-refractivity contribution in [2.24, 2.45) is 51.5 Å². The third-order valence-corrected chi connectivity index (χ3v) is 14.1. The topological polar surface area (TPSA) is 226 Å². The van der Waals surface area contributed by atoms with E-state index in [0.29, 0.717) is 92.2 Å². The van der Waals surface area contributed by atoms with Gasteiger partial charge in [0.05, 0.1) is 40.9 Å². The third-order valence-electron chi connectivity index (χ3n) is 13.0. The van der Waals surface area contributed by atoms with Gasteiger partial charge in [-0.3, -0.25) is 27.9 Å². The number of nitrogens with zero attached hydrogens (tertiary/aromatic N) is 8. The molecular weight excluding hydrogens is 899 g/mol. The second-order valence-electron chi connectivity index (χ2n) is 16.9. The summed E-state index contributed by atoms with van der Waals surface area (Å²) in [6, 6.07) is 12.1. The number of rotatable bonds is 8. The minimum absolute atomic E-state index is 0.0299. The fraction of sp³-hybridized carbons (Fsp3) is 0.409. The van der Waals surface area contributed by atoms with Crippen molar-refractivity contribution < 1.29 is 9.47 Å². The van der Waals surface area contributed by atoms with Crippen molar-refractivity contribution in [3.8, 4) is 0 Å². The third kappa shape index (κ3) is 7.83. The van der Waals surface area contributed by atoms with Gasteiger partial charge in [0.2, 0.25) is 0 Å². The molecule has 2 atom stereocenters. The molecule has 0 spiro atoms. The van der Waals surface area contributed by atoms with E-state index in [-0.39, 0.29) is 37.0 Å². The van der Waals surface area contributed by atoms with E-state index < -0.39 is 22.5 Å². The van der Waals surface area contributed by atoms with Crippen molar-refractivity contribution in [2.45, 2.75) is 50.9 Å². The molecular formula is C44H49Cl3N12O6. The zero-order valence-electron chi connectivity index (χ0n) is 36.2. The molecule has 0 amide bonds. The first-order valence-corrected chi connectivity index (χ1v) is 22.5. The van der Waals surface area contributed by atoms with Gasteiger partial charge < -0.3 is 40.0 Å². The summed E-state index contributed by atoms with van der Waals surface area (Å²) in [6.07, 6.45) is 3.34. The molecule has 65 heavy (non-hydrogen) atoms. The number of imidazole rings is 2. The van der Waals surface area contributed by atoms with Crippen molar-refractivity contribution in [3.05, 3.63) is 122 Å². The maximum Gasteiger partial charge on any atom is 0.332 e. The molecule has 0 radical (unpaired) electrons. The SMILES string of the molecule is Cn1c(C(N)C2CCOCC2)nc2c1c(=O)n(Cc1[nH]c3cccc(Cl)c3c1Cl)c(=O)n2C.Cn1c(C(N)C2CCOCC2)nc2c1c(=O)n(Cc1cc3c(Cl)cccc3[nH]1)c(=O)n2C. The average Bonchev–Trinajstić information content (AvgIpc) is 4.07. The number of nitrogens with one attached hydrogen (secondary N) is 2. The Hall–Kier alpha value is -5.47. The Balaban J connectivity index is 0.000000164. The van der Waals surface area contributed by atoms with Gasteiger partial charge in [0.25, 0.3) is 11.1 Å². The summed E-state index contributed by atoms with van der Waals surface area (Å²) in [6.45, 7) is 2.72. The predicted octanol–water partition coefficient (Wildman–Crippen LogP) is 4.74. The second kappa shape index (κ2) is 17.7. The predicted molar refractivity (Wildman–Crippen MR) is 251 cm³/mol. The normalized spacial score (nSPS) is 16.2. The smallest absolute Gasteiger partial charge is 0.332 e. The van der Waals surface area contributed by atoms with Crippen molar-refractivity contribution in [3.63, 3.8) is 0 Å². The fourth-order valence-corrected chi connectivity index (χ4v) is 10.1. The van der Waals surface area contributed by atoms with Gasteiger partial charge in [-0.25, -0.2) is 19.6 Å². The molecule has 8 aromatic rings. The maximum absolute atomic E-state index is 13.5. The first kappa shape index (κ1) is 44.7. The molecule has 8 heterocycles. The van der Waals surface area contributed by atoms with E-state index in [1.807, 2.05) is 24.3 Å². The van der Waals surface area contributed by atoms with Gasteiger partial charge in [0.15, 0.2) is 22.3 Å². The van der Waals surface area contributed by atoms with Crippen LogP contribution in [0.4, 0.5) is 0 Å². The number of aryl methyl sites for hydroxylation is 4. The van der Waals surface area contributed by atoms with Crippen LogP contribution in [-0.2, 0) is 50.8 Å². The summed E-state index contributed by atoms with van der Waals surface area (Å²) in [7, 11) is 6.76. The molecule has 2 aliphatic rings. The summed E-state index contributed by atoms with van der Waals surface area (Å²) >= 11 is 19.1. The van der Waals surface area contributed by atoms with Crippen LogP contribution in [0.2, 0.25) is 15.1 Å². The zero-order valence-corrected chi connectivity index (χ0v) is 38.5. The first-order chi connectivity index (χ1) is 31.2. The summed E-state index contributed by atoms with van der Waals surface area (Å²) in [5.74, 6) is 1.60. The highest BCUT2D eigenvalue weighted by Crippen LogP contribution is 2.34. The molecule has 2 aliphatic heterocycles. The maximum atomic E-state index is 13.5. The van der Waals surface area contributed by atoms with E-state index in [9.17, 15) is 19.2 Å². The second-order valence-corrected chi connectivity index (χ2v) is 18.1. The molecule has 0 bridgehead atoms. The lowest BCUT2D eigenvalue weighted by Crippen LogP contribution is -2.40. The first-order valence-electron chi connectivity index (χ1n) is 21.4. The number of H-pyrrole nitrogens is 2. The van der Waals surface area contributed by atoms with E-state index in [0.717, 1.165) is 46.7 Å². The molecule has 2 saturated heterocycles.